The van der Waals surface area contributed by atoms with Crippen LogP contribution >= 0.6 is 0 Å². The number of benzene rings is 11. The van der Waals surface area contributed by atoms with Crippen LogP contribution in [0.4, 0.5) is 34.1 Å². The van der Waals surface area contributed by atoms with Gasteiger partial charge in [0.15, 0.2) is 0 Å². The highest BCUT2D eigenvalue weighted by Crippen LogP contribution is 2.45. The highest BCUT2D eigenvalue weighted by molar-refractivity contribution is 5.87. The van der Waals surface area contributed by atoms with Crippen LogP contribution in [0.3, 0.4) is 0 Å². The third-order valence-corrected chi connectivity index (χ3v) is 21.7. The fraction of sp³-hybridized carbons (Fsp3) is 0.333. The lowest BCUT2D eigenvalue weighted by Gasteiger charge is -2.28. The zero-order valence-corrected chi connectivity index (χ0v) is 64.7. The molecular formula is C99H116N4. The summed E-state index contributed by atoms with van der Waals surface area (Å²) in [6, 6.07) is 88.1. The summed E-state index contributed by atoms with van der Waals surface area (Å²) in [5.41, 5.74) is 47.8. The Balaban J connectivity index is 0.981. The minimum Gasteiger partial charge on any atom is -0.322 e. The molecule has 11 aromatic rings. The first kappa shape index (κ1) is 75.1. The molecular weight excluding hydrogens is 1250 g/mol. The summed E-state index contributed by atoms with van der Waals surface area (Å²) in [4.78, 5) is 4.89. The van der Waals surface area contributed by atoms with Gasteiger partial charge in [0, 0.05) is 45.2 Å². The molecule has 11 aromatic carbocycles. The van der Waals surface area contributed by atoms with Crippen molar-refractivity contribution in [2.75, 3.05) is 9.80 Å². The second kappa shape index (κ2) is 34.0. The Kier molecular flexibility index (Phi) is 24.8. The van der Waals surface area contributed by atoms with Crippen molar-refractivity contribution in [1.82, 2.24) is 0 Å². The number of nitrogens with zero attached hydrogens (tertiary/aromatic N) is 2. The highest BCUT2D eigenvalue weighted by Gasteiger charge is 2.24. The van der Waals surface area contributed by atoms with Crippen LogP contribution in [-0.4, -0.2) is 0 Å². The van der Waals surface area contributed by atoms with Crippen LogP contribution in [0.2, 0.25) is 0 Å². The molecule has 0 aliphatic carbocycles. The summed E-state index contributed by atoms with van der Waals surface area (Å²) in [6.45, 7) is 31.7. The quantitative estimate of drug-likeness (QED) is 0.0425. The van der Waals surface area contributed by atoms with Crippen molar-refractivity contribution in [3.63, 3.8) is 0 Å². The van der Waals surface area contributed by atoms with E-state index in [1.165, 1.54) is 155 Å². The van der Waals surface area contributed by atoms with Gasteiger partial charge < -0.3 is 21.3 Å². The maximum absolute atomic E-state index is 6.81. The van der Waals surface area contributed by atoms with E-state index >= 15 is 0 Å². The average Bonchev–Trinajstić information content (AvgIpc) is 0.772. The van der Waals surface area contributed by atoms with Gasteiger partial charge in [-0.3, -0.25) is 0 Å². The lowest BCUT2D eigenvalue weighted by Crippen LogP contribution is -2.32. The van der Waals surface area contributed by atoms with E-state index in [0.29, 0.717) is 11.8 Å². The average molecular weight is 1360 g/mol. The molecule has 0 aromatic heterocycles. The molecule has 4 heteroatoms. The molecule has 103 heavy (non-hydrogen) atoms. The maximum Gasteiger partial charge on any atom is 0.0464 e. The fourth-order valence-electron chi connectivity index (χ4n) is 15.7. The van der Waals surface area contributed by atoms with Crippen LogP contribution in [-0.2, 0) is 36.8 Å². The molecule has 4 N–H and O–H groups in total. The van der Waals surface area contributed by atoms with Crippen molar-refractivity contribution < 1.29 is 0 Å². The van der Waals surface area contributed by atoms with Gasteiger partial charge in [-0.2, -0.15) is 0 Å². The van der Waals surface area contributed by atoms with Crippen LogP contribution in [0.25, 0.3) is 66.8 Å². The van der Waals surface area contributed by atoms with Crippen molar-refractivity contribution >= 4 is 34.1 Å². The smallest absolute Gasteiger partial charge is 0.0464 e. The van der Waals surface area contributed by atoms with Gasteiger partial charge in [-0.15, -0.1) is 0 Å². The van der Waals surface area contributed by atoms with Crippen LogP contribution < -0.4 is 21.3 Å². The van der Waals surface area contributed by atoms with E-state index in [2.05, 4.69) is 337 Å². The first-order chi connectivity index (χ1) is 49.6. The standard InChI is InChI=1S/C99H116N4/c1-15-19-21-23-25-83-67-96(94-58-56-92(65-71(94)10)103(89-51-39-81(40-52-89)78-33-45-86(46-34-78)99(14,101)59-17-3)90-53-41-82(42-54-90)97-72(11)62-75(61-69(7)8)63-73(97)12)84(26-24-22-20-16-2)66-95(83)93-57-55-91(64-70(93)9)102(87-47-35-79(36-48-87)76-29-27-74(28-30-76)60-68(5)6)88-49-37-80(38-50-88)77-31-43-85(44-32-77)98(13,100)18-4/h27-58,62-69H,15-26,59-61,100-101H2,1-14H3. The molecule has 11 rings (SSSR count). The van der Waals surface area contributed by atoms with E-state index in [-0.39, 0.29) is 11.1 Å². The fourth-order valence-corrected chi connectivity index (χ4v) is 15.7. The third-order valence-electron chi connectivity index (χ3n) is 21.7. The van der Waals surface area contributed by atoms with E-state index < -0.39 is 0 Å². The minimum atomic E-state index is -0.361. The summed E-state index contributed by atoms with van der Waals surface area (Å²) in [6.07, 6.45) is 16.7. The maximum atomic E-state index is 6.81. The number of nitrogens with two attached hydrogens (primary N) is 2. The minimum absolute atomic E-state index is 0.354. The molecule has 0 spiro atoms. The van der Waals surface area contributed by atoms with E-state index in [4.69, 9.17) is 11.5 Å². The molecule has 0 saturated heterocycles. The largest absolute Gasteiger partial charge is 0.322 e. The Hall–Kier alpha value is -9.06. The van der Waals surface area contributed by atoms with Crippen LogP contribution in [0.1, 0.15) is 196 Å². The molecule has 4 nitrogen and oxygen atoms in total. The Morgan fingerprint density at radius 3 is 0.981 bits per heavy atom. The second-order valence-electron chi connectivity index (χ2n) is 31.2. The number of hydrogen-bond acceptors (Lipinski definition) is 4. The first-order valence-electron chi connectivity index (χ1n) is 39.0. The van der Waals surface area contributed by atoms with Gasteiger partial charge in [0.2, 0.25) is 0 Å². The van der Waals surface area contributed by atoms with Crippen LogP contribution in [0, 0.1) is 39.5 Å². The Morgan fingerprint density at radius 2 is 0.641 bits per heavy atom. The van der Waals surface area contributed by atoms with Crippen LogP contribution in [0.5, 0.6) is 0 Å². The number of rotatable bonds is 31. The third kappa shape index (κ3) is 18.1. The second-order valence-corrected chi connectivity index (χ2v) is 31.2. The van der Waals surface area contributed by atoms with Gasteiger partial charge >= 0.3 is 0 Å². The Labute approximate surface area is 620 Å². The zero-order valence-electron chi connectivity index (χ0n) is 64.7. The van der Waals surface area contributed by atoms with Crippen molar-refractivity contribution in [1.29, 1.82) is 0 Å². The van der Waals surface area contributed by atoms with Crippen molar-refractivity contribution in [2.24, 2.45) is 23.3 Å². The number of unbranched alkanes of at least 4 members (excludes halogenated alkanes) is 6. The molecule has 0 heterocycles. The Bertz CT molecular complexity index is 4550. The molecule has 0 aliphatic rings. The predicted octanol–water partition coefficient (Wildman–Crippen LogP) is 28.1. The van der Waals surface area contributed by atoms with E-state index in [9.17, 15) is 0 Å². The van der Waals surface area contributed by atoms with Gasteiger partial charge in [0.05, 0.1) is 0 Å². The van der Waals surface area contributed by atoms with Crippen molar-refractivity contribution in [3.8, 4) is 66.8 Å². The van der Waals surface area contributed by atoms with E-state index in [1.807, 2.05) is 0 Å². The number of aryl methyl sites for hydroxylation is 6. The predicted molar refractivity (Wildman–Crippen MR) is 448 cm³/mol. The lowest BCUT2D eigenvalue weighted by molar-refractivity contribution is 0.447. The molecule has 0 fully saturated rings. The molecule has 2 unspecified atom stereocenters. The summed E-state index contributed by atoms with van der Waals surface area (Å²) >= 11 is 0. The zero-order chi connectivity index (χ0) is 73.0. The monoisotopic (exact) mass is 1360 g/mol. The van der Waals surface area contributed by atoms with Gasteiger partial charge in [0.1, 0.15) is 0 Å². The SMILES string of the molecule is CCCCCCc1cc(-c2ccc(N(c3ccc(-c4ccc(C(C)(N)CCC)cc4)cc3)c3ccc(-c4c(C)cc(CC(C)C)cc4C)cc3)cc2C)c(CCCCCC)cc1-c1ccc(N(c2ccc(-c3ccc(CC(C)C)cc3)cc2)c2ccc(-c3ccc(C(C)(N)CC)cc3)cc2)cc1C. The number of hydrogen-bond donors (Lipinski definition) is 2. The van der Waals surface area contributed by atoms with Crippen molar-refractivity contribution in [3.05, 3.63) is 286 Å². The van der Waals surface area contributed by atoms with Crippen LogP contribution in [0.15, 0.2) is 231 Å². The van der Waals surface area contributed by atoms with E-state index in [1.54, 1.807) is 0 Å². The molecule has 532 valence electrons. The van der Waals surface area contributed by atoms with Gasteiger partial charge in [-0.05, 0) is 300 Å². The highest BCUT2D eigenvalue weighted by atomic mass is 15.1. The van der Waals surface area contributed by atoms with Gasteiger partial charge in [-0.1, -0.05) is 258 Å². The Morgan fingerprint density at radius 1 is 0.311 bits per heavy atom. The molecule has 0 bridgehead atoms. The lowest BCUT2D eigenvalue weighted by atomic mass is 9.84. The molecule has 0 aliphatic heterocycles. The summed E-state index contributed by atoms with van der Waals surface area (Å²) in [7, 11) is 0. The summed E-state index contributed by atoms with van der Waals surface area (Å²) < 4.78 is 0. The molecule has 2 atom stereocenters. The molecule has 0 radical (unpaired) electrons. The summed E-state index contributed by atoms with van der Waals surface area (Å²) in [5, 5.41) is 0. The summed E-state index contributed by atoms with van der Waals surface area (Å²) in [5.74, 6) is 1.23. The topological polar surface area (TPSA) is 58.5 Å². The first-order valence-corrected chi connectivity index (χ1v) is 39.0. The number of anilines is 6. The van der Waals surface area contributed by atoms with E-state index in [0.717, 1.165) is 97.5 Å². The normalized spacial score (nSPS) is 12.8. The molecule has 0 saturated carbocycles. The van der Waals surface area contributed by atoms with Gasteiger partial charge in [0.25, 0.3) is 0 Å². The van der Waals surface area contributed by atoms with Gasteiger partial charge in [-0.25, -0.2) is 0 Å². The van der Waals surface area contributed by atoms with Crippen molar-refractivity contribution in [2.45, 2.75) is 204 Å². The molecule has 0 amide bonds.